The Balaban J connectivity index is 1.69. The molecule has 0 unspecified atom stereocenters. The first-order valence-electron chi connectivity index (χ1n) is 10.2. The Kier molecular flexibility index (Phi) is 5.42. The summed E-state index contributed by atoms with van der Waals surface area (Å²) in [6.45, 7) is 2.54. The van der Waals surface area contributed by atoms with Crippen LogP contribution in [-0.4, -0.2) is 25.4 Å². The number of aliphatic carboxylic acids is 1. The molecule has 0 atom stereocenters. The maximum Gasteiger partial charge on any atom is 0.314 e. The highest BCUT2D eigenvalue weighted by Crippen LogP contribution is 2.51. The lowest BCUT2D eigenvalue weighted by Crippen LogP contribution is -2.21. The van der Waals surface area contributed by atoms with Gasteiger partial charge in [0, 0.05) is 28.6 Å². The first-order chi connectivity index (χ1) is 15.8. The van der Waals surface area contributed by atoms with Gasteiger partial charge >= 0.3 is 5.97 Å². The number of carboxylic acid groups (broad SMARTS) is 1. The van der Waals surface area contributed by atoms with Crippen molar-refractivity contribution in [1.29, 1.82) is 0 Å². The fourth-order valence-corrected chi connectivity index (χ4v) is 5.59. The Morgan fingerprint density at radius 1 is 1.21 bits per heavy atom. The van der Waals surface area contributed by atoms with Gasteiger partial charge in [-0.2, -0.15) is 5.10 Å². The van der Waals surface area contributed by atoms with E-state index in [1.165, 1.54) is 16.7 Å². The number of hydrogen-bond acceptors (Lipinski definition) is 3. The fourth-order valence-electron chi connectivity index (χ4n) is 4.03. The molecule has 170 valence electrons. The summed E-state index contributed by atoms with van der Waals surface area (Å²) in [4.78, 5) is 12.4. The van der Waals surface area contributed by atoms with E-state index in [-0.39, 0.29) is 26.2 Å². The van der Waals surface area contributed by atoms with E-state index < -0.39 is 23.0 Å². The number of carbonyl (C=O) groups is 1. The van der Waals surface area contributed by atoms with Gasteiger partial charge in [-0.3, -0.25) is 14.0 Å². The summed E-state index contributed by atoms with van der Waals surface area (Å²) in [5, 5.41) is 14.4. The number of benzene rings is 2. The molecule has 2 aromatic carbocycles. The normalized spacial score (nSPS) is 14.7. The number of fused-ring (bicyclic) bond motifs is 1. The molecule has 2 aromatic heterocycles. The summed E-state index contributed by atoms with van der Waals surface area (Å²) >= 11 is 13.8. The van der Waals surface area contributed by atoms with E-state index in [0.29, 0.717) is 35.4 Å². The number of hydrogen-bond donors (Lipinski definition) is 1. The van der Waals surface area contributed by atoms with Crippen LogP contribution < -0.4 is 0 Å². The molecule has 2 heterocycles. The van der Waals surface area contributed by atoms with Crippen LogP contribution in [0.25, 0.3) is 16.6 Å². The summed E-state index contributed by atoms with van der Waals surface area (Å²) in [5.41, 5.74) is -0.339. The van der Waals surface area contributed by atoms with Gasteiger partial charge in [0.2, 0.25) is 0 Å². The Hall–Kier alpha value is -2.55. The Morgan fingerprint density at radius 3 is 2.61 bits per heavy atom. The molecule has 0 amide bonds. The number of aryl methyl sites for hydroxylation is 1. The molecular weight excluding hydrogens is 491 g/mol. The molecule has 1 aliphatic rings. The second-order valence-corrected chi connectivity index (χ2v) is 9.69. The van der Waals surface area contributed by atoms with Crippen molar-refractivity contribution in [2.24, 2.45) is 0 Å². The maximum atomic E-state index is 15.5. The van der Waals surface area contributed by atoms with Gasteiger partial charge in [0.25, 0.3) is 0 Å². The van der Waals surface area contributed by atoms with E-state index in [2.05, 4.69) is 5.10 Å². The SMILES string of the molecule is CCn1cc(-n2c(Cl)c(Sc3cccc(C4(C(=O)O)CC4)c3F)c3ccc(Cl)c(F)c32)cn1. The van der Waals surface area contributed by atoms with E-state index in [4.69, 9.17) is 23.2 Å². The monoisotopic (exact) mass is 507 g/mol. The smallest absolute Gasteiger partial charge is 0.314 e. The van der Waals surface area contributed by atoms with Crippen molar-refractivity contribution in [2.45, 2.75) is 41.5 Å². The topological polar surface area (TPSA) is 60.0 Å². The third-order valence-electron chi connectivity index (χ3n) is 5.97. The molecule has 4 aromatic rings. The van der Waals surface area contributed by atoms with E-state index in [0.717, 1.165) is 11.8 Å². The highest BCUT2D eigenvalue weighted by molar-refractivity contribution is 7.99. The predicted molar refractivity (Wildman–Crippen MR) is 124 cm³/mol. The molecule has 1 fully saturated rings. The minimum Gasteiger partial charge on any atom is -0.481 e. The first kappa shape index (κ1) is 22.3. The van der Waals surface area contributed by atoms with Crippen LogP contribution in [0.2, 0.25) is 10.2 Å². The zero-order valence-electron chi connectivity index (χ0n) is 17.3. The van der Waals surface area contributed by atoms with Gasteiger partial charge in [0.1, 0.15) is 11.0 Å². The van der Waals surface area contributed by atoms with E-state index in [1.807, 2.05) is 6.92 Å². The highest BCUT2D eigenvalue weighted by Gasteiger charge is 2.53. The van der Waals surface area contributed by atoms with Crippen molar-refractivity contribution >= 4 is 51.8 Å². The zero-order valence-corrected chi connectivity index (χ0v) is 19.6. The lowest BCUT2D eigenvalue weighted by Gasteiger charge is -2.13. The van der Waals surface area contributed by atoms with Gasteiger partial charge in [0.05, 0.1) is 32.7 Å². The zero-order chi connectivity index (χ0) is 23.5. The molecule has 1 N–H and O–H groups in total. The van der Waals surface area contributed by atoms with Crippen LogP contribution in [0.1, 0.15) is 25.3 Å². The van der Waals surface area contributed by atoms with Crippen molar-refractivity contribution in [2.75, 3.05) is 0 Å². The van der Waals surface area contributed by atoms with Crippen LogP contribution in [-0.2, 0) is 16.8 Å². The Bertz CT molecular complexity index is 1430. The maximum absolute atomic E-state index is 15.5. The molecule has 0 radical (unpaired) electrons. The predicted octanol–water partition coefficient (Wildman–Crippen LogP) is 6.70. The van der Waals surface area contributed by atoms with Crippen LogP contribution in [0.4, 0.5) is 8.78 Å². The summed E-state index contributed by atoms with van der Waals surface area (Å²) in [6.07, 6.45) is 4.07. The van der Waals surface area contributed by atoms with Crippen LogP contribution in [0.15, 0.2) is 52.5 Å². The molecule has 0 spiro atoms. The van der Waals surface area contributed by atoms with Crippen molar-refractivity contribution in [1.82, 2.24) is 14.3 Å². The molecule has 1 saturated carbocycles. The summed E-state index contributed by atoms with van der Waals surface area (Å²) in [6, 6.07) is 7.75. The van der Waals surface area contributed by atoms with E-state index in [9.17, 15) is 9.90 Å². The molecule has 0 saturated heterocycles. The minimum absolute atomic E-state index is 0.0670. The Morgan fingerprint density at radius 2 is 1.97 bits per heavy atom. The molecule has 5 nitrogen and oxygen atoms in total. The highest BCUT2D eigenvalue weighted by atomic mass is 35.5. The van der Waals surface area contributed by atoms with Gasteiger partial charge in [-0.05, 0) is 38.0 Å². The van der Waals surface area contributed by atoms with E-state index in [1.54, 1.807) is 35.3 Å². The number of aromatic nitrogens is 3. The number of carboxylic acids is 1. The third-order valence-corrected chi connectivity index (χ3v) is 7.89. The van der Waals surface area contributed by atoms with Crippen LogP contribution in [0, 0.1) is 11.6 Å². The molecule has 33 heavy (non-hydrogen) atoms. The van der Waals surface area contributed by atoms with Crippen LogP contribution in [0.3, 0.4) is 0 Å². The molecule has 0 bridgehead atoms. The summed E-state index contributed by atoms with van der Waals surface area (Å²) < 4.78 is 33.8. The quantitative estimate of drug-likeness (QED) is 0.315. The molecule has 1 aliphatic carbocycles. The Labute approximate surface area is 201 Å². The lowest BCUT2D eigenvalue weighted by atomic mass is 9.96. The van der Waals surface area contributed by atoms with Crippen molar-refractivity contribution in [3.05, 3.63) is 70.1 Å². The van der Waals surface area contributed by atoms with Gasteiger partial charge < -0.3 is 5.11 Å². The minimum atomic E-state index is -1.19. The van der Waals surface area contributed by atoms with Gasteiger partial charge in [0.15, 0.2) is 5.82 Å². The fraction of sp³-hybridized carbons (Fsp3) is 0.217. The second-order valence-electron chi connectivity index (χ2n) is 7.87. The number of nitrogens with zero attached hydrogens (tertiary/aromatic N) is 3. The van der Waals surface area contributed by atoms with Crippen molar-refractivity contribution < 1.29 is 18.7 Å². The molecular formula is C23H17Cl2F2N3O2S. The van der Waals surface area contributed by atoms with Crippen molar-refractivity contribution in [3.8, 4) is 5.69 Å². The van der Waals surface area contributed by atoms with Crippen LogP contribution >= 0.6 is 35.0 Å². The average Bonchev–Trinajstić information content (AvgIpc) is 3.39. The van der Waals surface area contributed by atoms with Crippen LogP contribution in [0.5, 0.6) is 0 Å². The number of halogens is 4. The molecule has 10 heteroatoms. The average molecular weight is 508 g/mol. The van der Waals surface area contributed by atoms with Crippen molar-refractivity contribution in [3.63, 3.8) is 0 Å². The van der Waals surface area contributed by atoms with Gasteiger partial charge in [-0.25, -0.2) is 8.78 Å². The summed E-state index contributed by atoms with van der Waals surface area (Å²) in [7, 11) is 0. The van der Waals surface area contributed by atoms with E-state index >= 15 is 8.78 Å². The number of rotatable bonds is 6. The summed E-state index contributed by atoms with van der Waals surface area (Å²) in [5.74, 6) is -2.29. The largest absolute Gasteiger partial charge is 0.481 e. The lowest BCUT2D eigenvalue weighted by molar-refractivity contribution is -0.140. The molecule has 0 aliphatic heterocycles. The second kappa shape index (κ2) is 8.04. The third kappa shape index (κ3) is 3.43. The standard InChI is InChI=1S/C23H17Cl2F2N3O2S/c1-2-29-11-12(10-28-29)30-19-13(6-7-15(24)18(19)27)20(21(30)25)33-16-5-3-4-14(17(16)26)23(8-9-23)22(31)32/h3-7,10-11H,2,8-9H2,1H3,(H,31,32). The molecule has 5 rings (SSSR count). The van der Waals surface area contributed by atoms with Gasteiger partial charge in [-0.15, -0.1) is 0 Å². The van der Waals surface area contributed by atoms with Gasteiger partial charge in [-0.1, -0.05) is 47.1 Å². The first-order valence-corrected chi connectivity index (χ1v) is 11.8.